The molecule has 0 aliphatic heterocycles. The molecule has 7 heteroatoms. The van der Waals surface area contributed by atoms with E-state index in [-0.39, 0.29) is 12.2 Å². The molecule has 4 nitrogen and oxygen atoms in total. The molecule has 0 fully saturated rings. The first kappa shape index (κ1) is 14.3. The highest BCUT2D eigenvalue weighted by atomic mass is 19.4. The SMILES string of the molecule is NC(=O)CCNCc1cccc(OC(F)(F)F)c1. The van der Waals surface area contributed by atoms with E-state index in [1.54, 1.807) is 6.07 Å². The van der Waals surface area contributed by atoms with Gasteiger partial charge in [-0.2, -0.15) is 0 Å². The topological polar surface area (TPSA) is 64.4 Å². The molecule has 0 atom stereocenters. The molecule has 0 saturated heterocycles. The monoisotopic (exact) mass is 262 g/mol. The molecule has 0 aromatic heterocycles. The summed E-state index contributed by atoms with van der Waals surface area (Å²) in [7, 11) is 0. The van der Waals surface area contributed by atoms with Gasteiger partial charge in [-0.15, -0.1) is 13.2 Å². The van der Waals surface area contributed by atoms with Gasteiger partial charge in [-0.1, -0.05) is 12.1 Å². The van der Waals surface area contributed by atoms with Crippen LogP contribution < -0.4 is 15.8 Å². The fourth-order valence-electron chi connectivity index (χ4n) is 1.30. The molecule has 0 aliphatic carbocycles. The lowest BCUT2D eigenvalue weighted by Gasteiger charge is -2.10. The Bertz CT molecular complexity index is 408. The van der Waals surface area contributed by atoms with Crippen LogP contribution in [-0.4, -0.2) is 18.8 Å². The van der Waals surface area contributed by atoms with Gasteiger partial charge in [-0.25, -0.2) is 0 Å². The molecule has 1 aromatic rings. The van der Waals surface area contributed by atoms with E-state index in [2.05, 4.69) is 10.1 Å². The molecule has 0 bridgehead atoms. The van der Waals surface area contributed by atoms with Gasteiger partial charge in [-0.05, 0) is 17.7 Å². The van der Waals surface area contributed by atoms with Crippen molar-refractivity contribution in [1.29, 1.82) is 0 Å². The lowest BCUT2D eigenvalue weighted by molar-refractivity contribution is -0.274. The number of carbonyl (C=O) groups excluding carboxylic acids is 1. The normalized spacial score (nSPS) is 11.3. The number of ether oxygens (including phenoxy) is 1. The minimum atomic E-state index is -4.70. The number of carbonyl (C=O) groups is 1. The van der Waals surface area contributed by atoms with Crippen molar-refractivity contribution in [3.63, 3.8) is 0 Å². The number of hydrogen-bond acceptors (Lipinski definition) is 3. The third-order valence-electron chi connectivity index (χ3n) is 2.01. The number of nitrogens with one attached hydrogen (secondary N) is 1. The minimum absolute atomic E-state index is 0.179. The molecule has 3 N–H and O–H groups in total. The lowest BCUT2D eigenvalue weighted by Crippen LogP contribution is -2.21. The number of primary amides is 1. The Balaban J connectivity index is 2.47. The largest absolute Gasteiger partial charge is 0.573 e. The minimum Gasteiger partial charge on any atom is -0.406 e. The number of benzene rings is 1. The molecule has 0 unspecified atom stereocenters. The second-order valence-corrected chi connectivity index (χ2v) is 3.59. The quantitative estimate of drug-likeness (QED) is 0.764. The predicted molar refractivity (Wildman–Crippen MR) is 58.6 cm³/mol. The molecule has 0 saturated carbocycles. The predicted octanol–water partition coefficient (Wildman–Crippen LogP) is 1.55. The van der Waals surface area contributed by atoms with Crippen LogP contribution >= 0.6 is 0 Å². The molecule has 1 amide bonds. The Morgan fingerprint density at radius 2 is 2.11 bits per heavy atom. The number of nitrogens with two attached hydrogens (primary N) is 1. The third-order valence-corrected chi connectivity index (χ3v) is 2.01. The maximum absolute atomic E-state index is 12.0. The van der Waals surface area contributed by atoms with Crippen molar-refractivity contribution >= 4 is 5.91 Å². The standard InChI is InChI=1S/C11H13F3N2O2/c12-11(13,14)18-9-3-1-2-8(6-9)7-16-5-4-10(15)17/h1-3,6,16H,4-5,7H2,(H2,15,17). The van der Waals surface area contributed by atoms with Crippen molar-refractivity contribution in [2.24, 2.45) is 5.73 Å². The summed E-state index contributed by atoms with van der Waals surface area (Å²) >= 11 is 0. The van der Waals surface area contributed by atoms with E-state index in [0.29, 0.717) is 18.7 Å². The molecule has 0 radical (unpaired) electrons. The van der Waals surface area contributed by atoms with Crippen LogP contribution in [0, 0.1) is 0 Å². The molecule has 0 spiro atoms. The van der Waals surface area contributed by atoms with Gasteiger partial charge < -0.3 is 15.8 Å². The van der Waals surface area contributed by atoms with Crippen molar-refractivity contribution < 1.29 is 22.7 Å². The summed E-state index contributed by atoms with van der Waals surface area (Å²) in [5.74, 6) is -0.701. The van der Waals surface area contributed by atoms with Crippen LogP contribution in [0.1, 0.15) is 12.0 Å². The summed E-state index contributed by atoms with van der Waals surface area (Å²) in [6, 6.07) is 5.62. The van der Waals surface area contributed by atoms with E-state index >= 15 is 0 Å². The van der Waals surface area contributed by atoms with E-state index < -0.39 is 12.3 Å². The molecule has 1 rings (SSSR count). The average molecular weight is 262 g/mol. The van der Waals surface area contributed by atoms with Gasteiger partial charge in [0.05, 0.1) is 0 Å². The molecular formula is C11H13F3N2O2. The van der Waals surface area contributed by atoms with Crippen molar-refractivity contribution in [2.75, 3.05) is 6.54 Å². The Kier molecular flexibility index (Phi) is 4.96. The van der Waals surface area contributed by atoms with E-state index in [1.807, 2.05) is 0 Å². The van der Waals surface area contributed by atoms with Crippen molar-refractivity contribution in [1.82, 2.24) is 5.32 Å². The lowest BCUT2D eigenvalue weighted by atomic mass is 10.2. The summed E-state index contributed by atoms with van der Waals surface area (Å²) in [6.45, 7) is 0.710. The zero-order chi connectivity index (χ0) is 13.6. The summed E-state index contributed by atoms with van der Waals surface area (Å²) in [5, 5.41) is 2.89. The first-order valence-electron chi connectivity index (χ1n) is 5.20. The van der Waals surface area contributed by atoms with Crippen LogP contribution in [-0.2, 0) is 11.3 Å². The molecule has 0 aliphatic rings. The average Bonchev–Trinajstić information content (AvgIpc) is 2.22. The molecule has 0 heterocycles. The Labute approximate surface area is 102 Å². The Morgan fingerprint density at radius 1 is 1.39 bits per heavy atom. The summed E-state index contributed by atoms with van der Waals surface area (Å²) in [5.41, 5.74) is 5.57. The highest BCUT2D eigenvalue weighted by Crippen LogP contribution is 2.23. The van der Waals surface area contributed by atoms with Crippen molar-refractivity contribution in [3.8, 4) is 5.75 Å². The van der Waals surface area contributed by atoms with Crippen molar-refractivity contribution in [3.05, 3.63) is 29.8 Å². The molecular weight excluding hydrogens is 249 g/mol. The van der Waals surface area contributed by atoms with Gasteiger partial charge in [0.1, 0.15) is 5.75 Å². The number of amides is 1. The highest BCUT2D eigenvalue weighted by Gasteiger charge is 2.31. The third kappa shape index (κ3) is 6.09. The molecule has 18 heavy (non-hydrogen) atoms. The van der Waals surface area contributed by atoms with Crippen molar-refractivity contribution in [2.45, 2.75) is 19.3 Å². The number of halogens is 3. The van der Waals surface area contributed by atoms with Crippen LogP contribution in [0.2, 0.25) is 0 Å². The van der Waals surface area contributed by atoms with Gasteiger partial charge in [0.2, 0.25) is 5.91 Å². The van der Waals surface area contributed by atoms with Gasteiger partial charge >= 0.3 is 6.36 Å². The highest BCUT2D eigenvalue weighted by molar-refractivity contribution is 5.73. The van der Waals surface area contributed by atoms with Gasteiger partial charge in [0, 0.05) is 19.5 Å². The van der Waals surface area contributed by atoms with Gasteiger partial charge in [-0.3, -0.25) is 4.79 Å². The number of rotatable bonds is 6. The first-order valence-corrected chi connectivity index (χ1v) is 5.20. The second kappa shape index (κ2) is 6.25. The maximum atomic E-state index is 12.0. The van der Waals surface area contributed by atoms with Crippen LogP contribution in [0.3, 0.4) is 0 Å². The summed E-state index contributed by atoms with van der Waals surface area (Å²) < 4.78 is 39.7. The molecule has 1 aromatic carbocycles. The van der Waals surface area contributed by atoms with Crippen LogP contribution in [0.5, 0.6) is 5.75 Å². The van der Waals surface area contributed by atoms with E-state index in [4.69, 9.17) is 5.73 Å². The fourth-order valence-corrected chi connectivity index (χ4v) is 1.30. The number of alkyl halides is 3. The Hall–Kier alpha value is -1.76. The maximum Gasteiger partial charge on any atom is 0.573 e. The van der Waals surface area contributed by atoms with Gasteiger partial charge in [0.15, 0.2) is 0 Å². The van der Waals surface area contributed by atoms with Gasteiger partial charge in [0.25, 0.3) is 0 Å². The number of hydrogen-bond donors (Lipinski definition) is 2. The van der Waals surface area contributed by atoms with E-state index in [1.165, 1.54) is 18.2 Å². The zero-order valence-corrected chi connectivity index (χ0v) is 9.46. The summed E-state index contributed by atoms with van der Waals surface area (Å²) in [6.07, 6.45) is -4.52. The fraction of sp³-hybridized carbons (Fsp3) is 0.364. The zero-order valence-electron chi connectivity index (χ0n) is 9.46. The van der Waals surface area contributed by atoms with Crippen LogP contribution in [0.15, 0.2) is 24.3 Å². The first-order chi connectivity index (χ1) is 8.37. The Morgan fingerprint density at radius 3 is 2.72 bits per heavy atom. The van der Waals surface area contributed by atoms with Crippen LogP contribution in [0.25, 0.3) is 0 Å². The second-order valence-electron chi connectivity index (χ2n) is 3.59. The van der Waals surface area contributed by atoms with E-state index in [0.717, 1.165) is 0 Å². The molecule has 100 valence electrons. The smallest absolute Gasteiger partial charge is 0.406 e. The van der Waals surface area contributed by atoms with Crippen LogP contribution in [0.4, 0.5) is 13.2 Å². The van der Waals surface area contributed by atoms with E-state index in [9.17, 15) is 18.0 Å². The summed E-state index contributed by atoms with van der Waals surface area (Å²) in [4.78, 5) is 10.5.